The Bertz CT molecular complexity index is 511. The fourth-order valence-electron chi connectivity index (χ4n) is 1.26. The lowest BCUT2D eigenvalue weighted by atomic mass is 10.3. The van der Waals surface area contributed by atoms with Crippen LogP contribution in [0.15, 0.2) is 12.1 Å². The van der Waals surface area contributed by atoms with Gasteiger partial charge in [0.15, 0.2) is 10.4 Å². The quantitative estimate of drug-likeness (QED) is 0.589. The highest BCUT2D eigenvalue weighted by Gasteiger charge is 2.21. The first-order chi connectivity index (χ1) is 7.24. The molecule has 0 saturated heterocycles. The van der Waals surface area contributed by atoms with E-state index in [2.05, 4.69) is 9.59 Å². The van der Waals surface area contributed by atoms with E-state index in [4.69, 9.17) is 4.74 Å². The van der Waals surface area contributed by atoms with Crippen molar-refractivity contribution in [2.24, 2.45) is 0 Å². The number of fused-ring (bicyclic) bond motifs is 1. The van der Waals surface area contributed by atoms with Gasteiger partial charge in [-0.3, -0.25) is 10.1 Å². The molecule has 15 heavy (non-hydrogen) atoms. The Balaban J connectivity index is 2.69. The summed E-state index contributed by atoms with van der Waals surface area (Å²) in [4.78, 5) is 10.4. The SMILES string of the molecule is CCOc1ccc2nnsc2c1[N+](=O)[O-]. The van der Waals surface area contributed by atoms with Crippen molar-refractivity contribution in [2.45, 2.75) is 6.92 Å². The van der Waals surface area contributed by atoms with E-state index in [1.807, 2.05) is 0 Å². The summed E-state index contributed by atoms with van der Waals surface area (Å²) in [5.41, 5.74) is 0.472. The Hall–Kier alpha value is -1.76. The summed E-state index contributed by atoms with van der Waals surface area (Å²) in [6.45, 7) is 2.16. The van der Waals surface area contributed by atoms with Crippen LogP contribution in [-0.2, 0) is 0 Å². The summed E-state index contributed by atoms with van der Waals surface area (Å²) in [6.07, 6.45) is 0. The third-order valence-electron chi connectivity index (χ3n) is 1.84. The molecule has 1 aromatic heterocycles. The van der Waals surface area contributed by atoms with Gasteiger partial charge in [-0.05, 0) is 30.6 Å². The summed E-state index contributed by atoms with van der Waals surface area (Å²) in [7, 11) is 0. The molecule has 0 aliphatic heterocycles. The Morgan fingerprint density at radius 1 is 1.60 bits per heavy atom. The van der Waals surface area contributed by atoms with E-state index in [9.17, 15) is 10.1 Å². The third-order valence-corrected chi connectivity index (χ3v) is 2.59. The first-order valence-electron chi connectivity index (χ1n) is 4.26. The van der Waals surface area contributed by atoms with Crippen molar-refractivity contribution in [1.82, 2.24) is 9.59 Å². The molecule has 0 aliphatic carbocycles. The van der Waals surface area contributed by atoms with E-state index in [1.165, 1.54) is 0 Å². The fourth-order valence-corrected chi connectivity index (χ4v) is 1.94. The molecule has 0 saturated carbocycles. The second-order valence-corrected chi connectivity index (χ2v) is 3.48. The minimum absolute atomic E-state index is 0.0515. The Labute approximate surface area is 88.8 Å². The standard InChI is InChI=1S/C8H7N3O3S/c1-2-14-6-4-3-5-8(15-10-9-5)7(6)11(12)13/h3-4H,2H2,1H3. The molecule has 0 unspecified atom stereocenters. The molecule has 0 radical (unpaired) electrons. The van der Waals surface area contributed by atoms with Crippen LogP contribution in [0.25, 0.3) is 10.2 Å². The van der Waals surface area contributed by atoms with Crippen LogP contribution >= 0.6 is 11.5 Å². The maximum absolute atomic E-state index is 10.9. The molecule has 0 bridgehead atoms. The van der Waals surface area contributed by atoms with Gasteiger partial charge >= 0.3 is 5.69 Å². The summed E-state index contributed by atoms with van der Waals surface area (Å²) < 4.78 is 9.31. The number of ether oxygens (including phenoxy) is 1. The monoisotopic (exact) mass is 225 g/mol. The van der Waals surface area contributed by atoms with Crippen LogP contribution in [0, 0.1) is 10.1 Å². The summed E-state index contributed by atoms with van der Waals surface area (Å²) in [6, 6.07) is 3.21. The molecule has 2 rings (SSSR count). The first-order valence-corrected chi connectivity index (χ1v) is 5.03. The second-order valence-electron chi connectivity index (χ2n) is 2.72. The van der Waals surface area contributed by atoms with Crippen LogP contribution in [0.1, 0.15) is 6.92 Å². The topological polar surface area (TPSA) is 78.2 Å². The maximum atomic E-state index is 10.9. The maximum Gasteiger partial charge on any atom is 0.331 e. The molecular formula is C8H7N3O3S. The molecule has 2 aromatic rings. The number of nitro benzene ring substituents is 1. The smallest absolute Gasteiger partial charge is 0.331 e. The molecule has 1 aromatic carbocycles. The van der Waals surface area contributed by atoms with Gasteiger partial charge in [0.1, 0.15) is 5.52 Å². The molecule has 0 spiro atoms. The van der Waals surface area contributed by atoms with Crippen molar-refractivity contribution in [2.75, 3.05) is 6.61 Å². The van der Waals surface area contributed by atoms with E-state index in [-0.39, 0.29) is 11.4 Å². The predicted octanol–water partition coefficient (Wildman–Crippen LogP) is 2.00. The van der Waals surface area contributed by atoms with Gasteiger partial charge in [-0.1, -0.05) is 4.49 Å². The molecule has 0 fully saturated rings. The average molecular weight is 225 g/mol. The summed E-state index contributed by atoms with van der Waals surface area (Å²) >= 11 is 1.000. The van der Waals surface area contributed by atoms with Crippen LogP contribution in [0.5, 0.6) is 5.75 Å². The van der Waals surface area contributed by atoms with E-state index in [1.54, 1.807) is 19.1 Å². The molecule has 1 heterocycles. The average Bonchev–Trinajstić information content (AvgIpc) is 2.64. The lowest BCUT2D eigenvalue weighted by Crippen LogP contribution is -1.97. The van der Waals surface area contributed by atoms with Crippen LogP contribution in [0.2, 0.25) is 0 Å². The number of hydrogen-bond donors (Lipinski definition) is 0. The lowest BCUT2D eigenvalue weighted by Gasteiger charge is -2.02. The largest absolute Gasteiger partial charge is 0.487 e. The number of nitrogens with zero attached hydrogens (tertiary/aromatic N) is 3. The van der Waals surface area contributed by atoms with Gasteiger partial charge in [-0.2, -0.15) is 0 Å². The molecule has 78 valence electrons. The minimum atomic E-state index is -0.465. The van der Waals surface area contributed by atoms with E-state index in [0.29, 0.717) is 16.8 Å². The second kappa shape index (κ2) is 3.77. The van der Waals surface area contributed by atoms with E-state index in [0.717, 1.165) is 11.5 Å². The molecule has 6 nitrogen and oxygen atoms in total. The van der Waals surface area contributed by atoms with Gasteiger partial charge in [0.05, 0.1) is 11.5 Å². The van der Waals surface area contributed by atoms with Crippen molar-refractivity contribution in [3.8, 4) is 5.75 Å². The van der Waals surface area contributed by atoms with Gasteiger partial charge in [0, 0.05) is 0 Å². The van der Waals surface area contributed by atoms with E-state index >= 15 is 0 Å². The van der Waals surface area contributed by atoms with Gasteiger partial charge in [-0.25, -0.2) is 0 Å². The highest BCUT2D eigenvalue weighted by Crippen LogP contribution is 2.36. The van der Waals surface area contributed by atoms with Crippen molar-refractivity contribution < 1.29 is 9.66 Å². The zero-order valence-electron chi connectivity index (χ0n) is 7.84. The Morgan fingerprint density at radius 3 is 3.07 bits per heavy atom. The third kappa shape index (κ3) is 1.61. The number of benzene rings is 1. The van der Waals surface area contributed by atoms with Crippen LogP contribution in [-0.4, -0.2) is 21.1 Å². The first kappa shape index (κ1) is 9.78. The number of rotatable bonds is 3. The molecule has 7 heteroatoms. The predicted molar refractivity (Wildman–Crippen MR) is 55.2 cm³/mol. The Kier molecular flexibility index (Phi) is 2.46. The minimum Gasteiger partial charge on any atom is -0.487 e. The highest BCUT2D eigenvalue weighted by molar-refractivity contribution is 7.13. The van der Waals surface area contributed by atoms with Gasteiger partial charge in [0.2, 0.25) is 0 Å². The van der Waals surface area contributed by atoms with Crippen LogP contribution < -0.4 is 4.74 Å². The molecule has 0 amide bonds. The van der Waals surface area contributed by atoms with Gasteiger partial charge in [-0.15, -0.1) is 5.10 Å². The molecular weight excluding hydrogens is 218 g/mol. The zero-order valence-corrected chi connectivity index (χ0v) is 8.65. The van der Waals surface area contributed by atoms with Crippen molar-refractivity contribution in [1.29, 1.82) is 0 Å². The zero-order chi connectivity index (χ0) is 10.8. The van der Waals surface area contributed by atoms with Crippen LogP contribution in [0.4, 0.5) is 5.69 Å². The fraction of sp³-hybridized carbons (Fsp3) is 0.250. The Morgan fingerprint density at radius 2 is 2.40 bits per heavy atom. The lowest BCUT2D eigenvalue weighted by molar-refractivity contribution is -0.383. The molecule has 0 aliphatic rings. The van der Waals surface area contributed by atoms with Gasteiger partial charge < -0.3 is 4.74 Å². The normalized spacial score (nSPS) is 10.5. The molecule has 0 N–H and O–H groups in total. The van der Waals surface area contributed by atoms with E-state index < -0.39 is 4.92 Å². The number of hydrogen-bond acceptors (Lipinski definition) is 6. The highest BCUT2D eigenvalue weighted by atomic mass is 32.1. The molecule has 0 atom stereocenters. The number of nitro groups is 1. The van der Waals surface area contributed by atoms with Gasteiger partial charge in [0.25, 0.3) is 0 Å². The summed E-state index contributed by atoms with van der Waals surface area (Å²) in [5, 5.41) is 14.7. The van der Waals surface area contributed by atoms with Crippen molar-refractivity contribution in [3.63, 3.8) is 0 Å². The number of aromatic nitrogens is 2. The summed E-state index contributed by atoms with van der Waals surface area (Å²) in [5.74, 6) is 0.265. The van der Waals surface area contributed by atoms with Crippen molar-refractivity contribution >= 4 is 27.4 Å². The van der Waals surface area contributed by atoms with Crippen molar-refractivity contribution in [3.05, 3.63) is 22.2 Å². The van der Waals surface area contributed by atoms with Crippen LogP contribution in [0.3, 0.4) is 0 Å².